The first kappa shape index (κ1) is 22.9. The van der Waals surface area contributed by atoms with E-state index >= 15 is 0 Å². The van der Waals surface area contributed by atoms with Gasteiger partial charge >= 0.3 is 0 Å². The first-order valence-corrected chi connectivity index (χ1v) is 11.7. The molecule has 31 heavy (non-hydrogen) atoms. The third-order valence-electron chi connectivity index (χ3n) is 4.55. The Kier molecular flexibility index (Phi) is 6.73. The Hall–Kier alpha value is -2.82. The van der Waals surface area contributed by atoms with Gasteiger partial charge < -0.3 is 5.32 Å². The van der Waals surface area contributed by atoms with E-state index < -0.39 is 31.7 Å². The van der Waals surface area contributed by atoms with Crippen LogP contribution in [-0.4, -0.2) is 25.8 Å². The van der Waals surface area contributed by atoms with Crippen molar-refractivity contribution in [3.63, 3.8) is 0 Å². The lowest BCUT2D eigenvalue weighted by atomic mass is 10.2. The van der Waals surface area contributed by atoms with E-state index in [1.165, 1.54) is 36.5 Å². The second-order valence-electron chi connectivity index (χ2n) is 6.59. The number of halogens is 2. The number of carbonyl (C=O) groups excluding carboxylic acids is 1. The number of hydrogen-bond acceptors (Lipinski definition) is 6. The summed E-state index contributed by atoms with van der Waals surface area (Å²) in [6.07, 6.45) is 0. The van der Waals surface area contributed by atoms with Crippen molar-refractivity contribution in [3.05, 3.63) is 90.9 Å². The highest BCUT2D eigenvalue weighted by atomic mass is 35.5. The minimum atomic E-state index is -3.96. The van der Waals surface area contributed by atoms with Gasteiger partial charge in [-0.2, -0.15) is 0 Å². The topological polar surface area (TPSA) is 106 Å². The first-order valence-electron chi connectivity index (χ1n) is 8.87. The van der Waals surface area contributed by atoms with E-state index in [4.69, 9.17) is 11.6 Å². The molecule has 0 spiro atoms. The Bertz CT molecular complexity index is 1250. The van der Waals surface area contributed by atoms with E-state index in [-0.39, 0.29) is 33.3 Å². The Labute approximate surface area is 186 Å². The molecule has 0 radical (unpaired) electrons. The van der Waals surface area contributed by atoms with Gasteiger partial charge in [-0.3, -0.25) is 14.9 Å². The van der Waals surface area contributed by atoms with Crippen molar-refractivity contribution >= 4 is 44.4 Å². The highest BCUT2D eigenvalue weighted by Gasteiger charge is 2.31. The molecular weight excluding hydrogens is 467 g/mol. The zero-order valence-corrected chi connectivity index (χ0v) is 18.4. The van der Waals surface area contributed by atoms with Gasteiger partial charge in [0.15, 0.2) is 9.84 Å². The Morgan fingerprint density at radius 1 is 1.26 bits per heavy atom. The number of non-ortho nitro benzene ring substituents is 1. The molecule has 0 fully saturated rings. The SMILES string of the molecule is Cc1cc(S(=O)(=O)[C@@H](CNC(=O)c2ccc([N+](=O)[O-])cc2Cl)c2cccs2)ccc1F. The molecule has 1 aromatic heterocycles. The predicted molar refractivity (Wildman–Crippen MR) is 116 cm³/mol. The molecule has 7 nitrogen and oxygen atoms in total. The van der Waals surface area contributed by atoms with Crippen LogP contribution in [0.25, 0.3) is 0 Å². The fraction of sp³-hybridized carbons (Fsp3) is 0.150. The molecule has 0 saturated carbocycles. The number of nitro benzene ring substituents is 1. The average Bonchev–Trinajstić information content (AvgIpc) is 3.23. The van der Waals surface area contributed by atoms with Gasteiger partial charge in [0, 0.05) is 23.6 Å². The van der Waals surface area contributed by atoms with Gasteiger partial charge in [0.2, 0.25) is 0 Å². The molecule has 1 N–H and O–H groups in total. The molecule has 1 amide bonds. The minimum absolute atomic E-state index is 0.0211. The van der Waals surface area contributed by atoms with Gasteiger partial charge in [0.25, 0.3) is 11.6 Å². The number of thiophene rings is 1. The molecule has 0 aliphatic heterocycles. The maximum Gasteiger partial charge on any atom is 0.270 e. The number of benzene rings is 2. The molecule has 3 aromatic rings. The second kappa shape index (κ2) is 9.13. The number of nitrogens with zero attached hydrogens (tertiary/aromatic N) is 1. The van der Waals surface area contributed by atoms with Gasteiger partial charge in [-0.15, -0.1) is 11.3 Å². The maximum absolute atomic E-state index is 13.6. The summed E-state index contributed by atoms with van der Waals surface area (Å²) in [6, 6.07) is 10.2. The molecule has 162 valence electrons. The molecule has 11 heteroatoms. The van der Waals surface area contributed by atoms with Crippen molar-refractivity contribution in [2.75, 3.05) is 6.54 Å². The van der Waals surface area contributed by atoms with E-state index in [0.29, 0.717) is 4.88 Å². The molecule has 0 unspecified atom stereocenters. The van der Waals surface area contributed by atoms with Crippen molar-refractivity contribution in [1.82, 2.24) is 5.32 Å². The average molecular weight is 483 g/mol. The summed E-state index contributed by atoms with van der Waals surface area (Å²) in [4.78, 5) is 23.2. The molecular formula is C20H16ClFN2O5S2. The predicted octanol–water partition coefficient (Wildman–Crippen LogP) is 4.70. The van der Waals surface area contributed by atoms with Crippen molar-refractivity contribution in [3.8, 4) is 0 Å². The summed E-state index contributed by atoms with van der Waals surface area (Å²) in [5.74, 6) is -1.19. The summed E-state index contributed by atoms with van der Waals surface area (Å²) in [6.45, 7) is 1.19. The zero-order valence-electron chi connectivity index (χ0n) is 16.0. The highest BCUT2D eigenvalue weighted by Crippen LogP contribution is 2.32. The monoisotopic (exact) mass is 482 g/mol. The normalized spacial score (nSPS) is 12.4. The van der Waals surface area contributed by atoms with Gasteiger partial charge in [-0.1, -0.05) is 17.7 Å². The van der Waals surface area contributed by atoms with E-state index in [1.807, 2.05) is 0 Å². The fourth-order valence-electron chi connectivity index (χ4n) is 2.88. The quantitative estimate of drug-likeness (QED) is 0.298. The number of amides is 1. The van der Waals surface area contributed by atoms with E-state index in [0.717, 1.165) is 18.2 Å². The van der Waals surface area contributed by atoms with Crippen LogP contribution in [0.4, 0.5) is 10.1 Å². The molecule has 0 aliphatic rings. The van der Waals surface area contributed by atoms with Gasteiger partial charge in [-0.25, -0.2) is 12.8 Å². The van der Waals surface area contributed by atoms with Crippen LogP contribution in [-0.2, 0) is 9.84 Å². The molecule has 2 aromatic carbocycles. The number of nitro groups is 1. The summed E-state index contributed by atoms with van der Waals surface area (Å²) in [5, 5.41) is 13.8. The van der Waals surface area contributed by atoms with Crippen LogP contribution >= 0.6 is 22.9 Å². The van der Waals surface area contributed by atoms with Gasteiger partial charge in [-0.05, 0) is 48.2 Å². The first-order chi connectivity index (χ1) is 14.6. The molecule has 3 rings (SSSR count). The zero-order chi connectivity index (χ0) is 22.8. The maximum atomic E-state index is 13.6. The Balaban J connectivity index is 1.88. The van der Waals surface area contributed by atoms with Crippen molar-refractivity contribution in [2.24, 2.45) is 0 Å². The van der Waals surface area contributed by atoms with E-state index in [2.05, 4.69) is 5.32 Å². The largest absolute Gasteiger partial charge is 0.350 e. The number of sulfone groups is 1. The number of carbonyl (C=O) groups is 1. The van der Waals surface area contributed by atoms with Crippen molar-refractivity contribution in [2.45, 2.75) is 17.1 Å². The molecule has 0 aliphatic carbocycles. The van der Waals surface area contributed by atoms with Crippen LogP contribution in [0.3, 0.4) is 0 Å². The van der Waals surface area contributed by atoms with E-state index in [9.17, 15) is 27.7 Å². The van der Waals surface area contributed by atoms with Crippen LogP contribution in [0, 0.1) is 22.9 Å². The molecule has 1 atom stereocenters. The lowest BCUT2D eigenvalue weighted by Crippen LogP contribution is -2.31. The highest BCUT2D eigenvalue weighted by molar-refractivity contribution is 7.91. The lowest BCUT2D eigenvalue weighted by Gasteiger charge is -2.18. The van der Waals surface area contributed by atoms with Crippen molar-refractivity contribution in [1.29, 1.82) is 0 Å². The van der Waals surface area contributed by atoms with Crippen LogP contribution in [0.1, 0.15) is 26.0 Å². The van der Waals surface area contributed by atoms with Crippen LogP contribution < -0.4 is 5.32 Å². The van der Waals surface area contributed by atoms with Crippen LogP contribution in [0.5, 0.6) is 0 Å². The minimum Gasteiger partial charge on any atom is -0.350 e. The van der Waals surface area contributed by atoms with Crippen LogP contribution in [0.15, 0.2) is 58.8 Å². The van der Waals surface area contributed by atoms with Crippen molar-refractivity contribution < 1.29 is 22.5 Å². The molecule has 1 heterocycles. The third-order valence-corrected chi connectivity index (χ3v) is 8.08. The molecule has 0 bridgehead atoms. The smallest absolute Gasteiger partial charge is 0.270 e. The van der Waals surface area contributed by atoms with E-state index in [1.54, 1.807) is 17.5 Å². The molecule has 0 saturated heterocycles. The number of hydrogen-bond donors (Lipinski definition) is 1. The standard InChI is InChI=1S/C20H16ClFN2O5S2/c1-12-9-14(5-7-17(12)22)31(28,29)19(18-3-2-8-30-18)11-23-20(25)15-6-4-13(24(26)27)10-16(15)21/h2-10,19H,11H2,1H3,(H,23,25)/t19-/m0/s1. The summed E-state index contributed by atoms with van der Waals surface area (Å²) < 4.78 is 40.1. The Morgan fingerprint density at radius 3 is 2.58 bits per heavy atom. The third kappa shape index (κ3) is 4.92. The number of aryl methyl sites for hydroxylation is 1. The van der Waals surface area contributed by atoms with Gasteiger partial charge in [0.05, 0.1) is 20.4 Å². The Morgan fingerprint density at radius 2 is 2.00 bits per heavy atom. The summed E-state index contributed by atoms with van der Waals surface area (Å²) in [7, 11) is -3.96. The second-order valence-corrected chi connectivity index (χ2v) is 10.1. The van der Waals surface area contributed by atoms with Gasteiger partial charge in [0.1, 0.15) is 11.1 Å². The number of nitrogens with one attached hydrogen (secondary N) is 1. The summed E-state index contributed by atoms with van der Waals surface area (Å²) in [5.41, 5.74) is -0.104. The van der Waals surface area contributed by atoms with Crippen LogP contribution in [0.2, 0.25) is 5.02 Å². The fourth-order valence-corrected chi connectivity index (χ4v) is 6.01. The summed E-state index contributed by atoms with van der Waals surface area (Å²) >= 11 is 7.19. The lowest BCUT2D eigenvalue weighted by molar-refractivity contribution is -0.384. The number of rotatable bonds is 7.